The van der Waals surface area contributed by atoms with Crippen molar-refractivity contribution >= 4 is 16.7 Å². The molecule has 5 heteroatoms. The summed E-state index contributed by atoms with van der Waals surface area (Å²) < 4.78 is 0. The SMILES string of the molecule is NC1=NC=CNC1(N)CCc1c[nH]c2ccccc12. The Bertz CT molecular complexity index is 655. The molecule has 0 spiro atoms. The maximum atomic E-state index is 6.23. The highest BCUT2D eigenvalue weighted by atomic mass is 15.2. The van der Waals surface area contributed by atoms with Gasteiger partial charge >= 0.3 is 0 Å². The Morgan fingerprint density at radius 1 is 1.26 bits per heavy atom. The lowest BCUT2D eigenvalue weighted by atomic mass is 9.98. The number of aliphatic imine (C=N–C) groups is 1. The van der Waals surface area contributed by atoms with Crippen LogP contribution < -0.4 is 16.8 Å². The molecule has 1 aromatic heterocycles. The van der Waals surface area contributed by atoms with Crippen molar-refractivity contribution in [3.63, 3.8) is 0 Å². The number of nitrogens with one attached hydrogen (secondary N) is 2. The minimum absolute atomic E-state index is 0.426. The largest absolute Gasteiger partial charge is 0.384 e. The van der Waals surface area contributed by atoms with Crippen molar-refractivity contribution in [1.29, 1.82) is 0 Å². The summed E-state index contributed by atoms with van der Waals surface area (Å²) in [5, 5.41) is 4.32. The van der Waals surface area contributed by atoms with Crippen molar-refractivity contribution in [2.75, 3.05) is 0 Å². The van der Waals surface area contributed by atoms with Crippen molar-refractivity contribution in [1.82, 2.24) is 10.3 Å². The summed E-state index contributed by atoms with van der Waals surface area (Å²) in [4.78, 5) is 7.33. The van der Waals surface area contributed by atoms with Crippen molar-refractivity contribution in [3.8, 4) is 0 Å². The van der Waals surface area contributed by atoms with E-state index in [9.17, 15) is 0 Å². The standard InChI is InChI=1S/C14H17N5/c15-13-14(16,19-8-7-17-13)6-5-10-9-18-12-4-2-1-3-11(10)12/h1-4,7-9,18-19H,5-6,16H2,(H2,15,17). The van der Waals surface area contributed by atoms with E-state index < -0.39 is 5.66 Å². The van der Waals surface area contributed by atoms with E-state index in [0.29, 0.717) is 12.3 Å². The molecule has 1 aliphatic rings. The first-order valence-electron chi connectivity index (χ1n) is 6.29. The van der Waals surface area contributed by atoms with E-state index in [1.54, 1.807) is 12.4 Å². The van der Waals surface area contributed by atoms with Crippen molar-refractivity contribution < 1.29 is 0 Å². The number of aromatic amines is 1. The second kappa shape index (κ2) is 4.44. The van der Waals surface area contributed by atoms with E-state index >= 15 is 0 Å². The van der Waals surface area contributed by atoms with E-state index in [1.165, 1.54) is 10.9 Å². The van der Waals surface area contributed by atoms with Gasteiger partial charge < -0.3 is 21.8 Å². The van der Waals surface area contributed by atoms with E-state index in [-0.39, 0.29) is 0 Å². The number of nitrogens with two attached hydrogens (primary N) is 2. The molecule has 1 atom stereocenters. The molecule has 98 valence electrons. The molecule has 1 aliphatic heterocycles. The van der Waals surface area contributed by atoms with Crippen LogP contribution in [0.15, 0.2) is 47.9 Å². The lowest BCUT2D eigenvalue weighted by Crippen LogP contribution is -2.62. The van der Waals surface area contributed by atoms with Crippen LogP contribution in [0.3, 0.4) is 0 Å². The lowest BCUT2D eigenvalue weighted by Gasteiger charge is -2.31. The minimum atomic E-state index is -0.757. The third-order valence-corrected chi connectivity index (χ3v) is 3.55. The summed E-state index contributed by atoms with van der Waals surface area (Å²) in [6.45, 7) is 0. The first-order chi connectivity index (χ1) is 9.19. The monoisotopic (exact) mass is 255 g/mol. The number of hydrogen-bond acceptors (Lipinski definition) is 4. The molecular formula is C14H17N5. The average Bonchev–Trinajstić information content (AvgIpc) is 2.84. The topological polar surface area (TPSA) is 92.2 Å². The normalized spacial score (nSPS) is 22.3. The van der Waals surface area contributed by atoms with Gasteiger partial charge in [-0.3, -0.25) is 0 Å². The summed E-state index contributed by atoms with van der Waals surface area (Å²) in [5.41, 5.74) is 13.7. The first-order valence-corrected chi connectivity index (χ1v) is 6.29. The van der Waals surface area contributed by atoms with Crippen LogP contribution in [-0.4, -0.2) is 16.5 Å². The summed E-state index contributed by atoms with van der Waals surface area (Å²) in [6, 6.07) is 8.23. The van der Waals surface area contributed by atoms with E-state index in [1.807, 2.05) is 18.3 Å². The molecule has 0 saturated carbocycles. The fraction of sp³-hybridized carbons (Fsp3) is 0.214. The molecular weight excluding hydrogens is 238 g/mol. The van der Waals surface area contributed by atoms with Crippen LogP contribution in [0.5, 0.6) is 0 Å². The quantitative estimate of drug-likeness (QED) is 0.663. The van der Waals surface area contributed by atoms with E-state index in [0.717, 1.165) is 11.9 Å². The smallest absolute Gasteiger partial charge is 0.145 e. The van der Waals surface area contributed by atoms with Crippen LogP contribution >= 0.6 is 0 Å². The highest BCUT2D eigenvalue weighted by Crippen LogP contribution is 2.21. The zero-order valence-corrected chi connectivity index (χ0v) is 10.6. The lowest BCUT2D eigenvalue weighted by molar-refractivity contribution is 0.461. The van der Waals surface area contributed by atoms with Crippen LogP contribution in [0, 0.1) is 0 Å². The maximum Gasteiger partial charge on any atom is 0.145 e. The van der Waals surface area contributed by atoms with Crippen molar-refractivity contribution in [3.05, 3.63) is 48.4 Å². The number of benzene rings is 1. The minimum Gasteiger partial charge on any atom is -0.384 e. The van der Waals surface area contributed by atoms with Crippen LogP contribution in [-0.2, 0) is 6.42 Å². The Balaban J connectivity index is 1.80. The number of amidine groups is 1. The summed E-state index contributed by atoms with van der Waals surface area (Å²) in [7, 11) is 0. The Morgan fingerprint density at radius 2 is 2.11 bits per heavy atom. The maximum absolute atomic E-state index is 6.23. The van der Waals surface area contributed by atoms with Gasteiger partial charge in [0.2, 0.25) is 0 Å². The molecule has 0 radical (unpaired) electrons. The van der Waals surface area contributed by atoms with Gasteiger partial charge in [0.15, 0.2) is 0 Å². The van der Waals surface area contributed by atoms with Gasteiger partial charge in [-0.1, -0.05) is 18.2 Å². The Hall–Kier alpha value is -2.27. The second-order valence-electron chi connectivity index (χ2n) is 4.81. The van der Waals surface area contributed by atoms with Crippen LogP contribution in [0.2, 0.25) is 0 Å². The van der Waals surface area contributed by atoms with Gasteiger partial charge in [-0.05, 0) is 24.5 Å². The van der Waals surface area contributed by atoms with Gasteiger partial charge in [0.25, 0.3) is 0 Å². The van der Waals surface area contributed by atoms with Crippen LogP contribution in [0.1, 0.15) is 12.0 Å². The molecule has 0 bridgehead atoms. The van der Waals surface area contributed by atoms with Crippen LogP contribution in [0.25, 0.3) is 10.9 Å². The van der Waals surface area contributed by atoms with E-state index in [4.69, 9.17) is 11.5 Å². The number of fused-ring (bicyclic) bond motifs is 1. The first kappa shape index (κ1) is 11.8. The zero-order valence-electron chi connectivity index (χ0n) is 10.6. The van der Waals surface area contributed by atoms with Gasteiger partial charge in [0, 0.05) is 29.5 Å². The van der Waals surface area contributed by atoms with Crippen LogP contribution in [0.4, 0.5) is 0 Å². The molecule has 6 N–H and O–H groups in total. The molecule has 19 heavy (non-hydrogen) atoms. The number of aromatic nitrogens is 1. The highest BCUT2D eigenvalue weighted by molar-refractivity contribution is 5.91. The highest BCUT2D eigenvalue weighted by Gasteiger charge is 2.29. The van der Waals surface area contributed by atoms with Gasteiger partial charge in [-0.25, -0.2) is 4.99 Å². The fourth-order valence-corrected chi connectivity index (χ4v) is 2.36. The Kier molecular flexibility index (Phi) is 2.76. The Morgan fingerprint density at radius 3 is 2.95 bits per heavy atom. The zero-order chi connectivity index (χ0) is 13.3. The number of nitrogens with zero attached hydrogens (tertiary/aromatic N) is 1. The van der Waals surface area contributed by atoms with Crippen molar-refractivity contribution in [2.45, 2.75) is 18.5 Å². The number of para-hydroxylation sites is 1. The van der Waals surface area contributed by atoms with Gasteiger partial charge in [-0.2, -0.15) is 0 Å². The fourth-order valence-electron chi connectivity index (χ4n) is 2.36. The Labute approximate surface area is 111 Å². The molecule has 1 aromatic carbocycles. The van der Waals surface area contributed by atoms with E-state index in [2.05, 4.69) is 27.4 Å². The second-order valence-corrected chi connectivity index (χ2v) is 4.81. The number of H-pyrrole nitrogens is 1. The molecule has 2 heterocycles. The molecule has 0 aliphatic carbocycles. The molecule has 1 unspecified atom stereocenters. The van der Waals surface area contributed by atoms with Crippen molar-refractivity contribution in [2.24, 2.45) is 16.5 Å². The molecule has 3 rings (SSSR count). The third-order valence-electron chi connectivity index (χ3n) is 3.55. The average molecular weight is 255 g/mol. The number of rotatable bonds is 3. The van der Waals surface area contributed by atoms with Gasteiger partial charge in [-0.15, -0.1) is 0 Å². The molecule has 0 saturated heterocycles. The molecule has 2 aromatic rings. The molecule has 0 fully saturated rings. The predicted octanol–water partition coefficient (Wildman–Crippen LogP) is 1.19. The number of aryl methyl sites for hydroxylation is 1. The van der Waals surface area contributed by atoms with Gasteiger partial charge in [0.05, 0.1) is 0 Å². The third kappa shape index (κ3) is 2.08. The predicted molar refractivity (Wildman–Crippen MR) is 77.4 cm³/mol. The van der Waals surface area contributed by atoms with Gasteiger partial charge in [0.1, 0.15) is 11.5 Å². The molecule has 0 amide bonds. The summed E-state index contributed by atoms with van der Waals surface area (Å²) in [5.74, 6) is 0.426. The molecule has 5 nitrogen and oxygen atoms in total. The number of hydrogen-bond donors (Lipinski definition) is 4. The summed E-state index contributed by atoms with van der Waals surface area (Å²) in [6.07, 6.45) is 6.89. The summed E-state index contributed by atoms with van der Waals surface area (Å²) >= 11 is 0.